The summed E-state index contributed by atoms with van der Waals surface area (Å²) in [6, 6.07) is 11.7. The van der Waals surface area contributed by atoms with E-state index in [4.69, 9.17) is 34.5 Å². The van der Waals surface area contributed by atoms with Crippen molar-refractivity contribution in [3.05, 3.63) is 142 Å². The number of nitrogens with two attached hydrogens (primary N) is 4. The number of aliphatic hydroxyl groups excluding tert-OH is 1. The number of hydrogen-bond acceptors (Lipinski definition) is 14. The zero-order chi connectivity index (χ0) is 56.6. The van der Waals surface area contributed by atoms with Gasteiger partial charge in [-0.15, -0.1) is 0 Å². The SMILES string of the molecule is NCCCC[C@@H]1NC(=O)[C@@H](Cc2ccc(C(N)=O)cc2)NC(=O)[C@H](Cc2ccc(O)cc2)NC(=O)[C@H](NC(=O)[C@@H](N)Cc2ccc(Cl)cc2)C/C=C/C2[C@@H](C(=O)N[C@H](Cc3ccc(O)cc3)C(N)=O)NC(=O)[C@@H](NC1=O)[C@@H]2O. The monoisotopic (exact) mass is 1090 g/mol. The predicted octanol–water partition coefficient (Wildman–Crippen LogP) is -1.59. The number of unbranched alkanes of at least 4 members (excludes halogenated alkanes) is 1. The maximum Gasteiger partial charge on any atom is 0.248 e. The van der Waals surface area contributed by atoms with Gasteiger partial charge in [0.05, 0.1) is 12.1 Å². The molecule has 0 saturated carbocycles. The fourth-order valence-electron chi connectivity index (χ4n) is 8.89. The number of carbonyl (C=O) groups is 9. The van der Waals surface area contributed by atoms with Gasteiger partial charge in [-0.05, 0) is 109 Å². The van der Waals surface area contributed by atoms with Gasteiger partial charge in [0.25, 0.3) is 0 Å². The van der Waals surface area contributed by atoms with E-state index in [0.29, 0.717) is 33.7 Å². The van der Waals surface area contributed by atoms with Gasteiger partial charge in [0.15, 0.2) is 0 Å². The van der Waals surface area contributed by atoms with Crippen LogP contribution in [0, 0.1) is 5.92 Å². The Morgan fingerprint density at radius 1 is 0.641 bits per heavy atom. The van der Waals surface area contributed by atoms with E-state index in [1.54, 1.807) is 24.3 Å². The first kappa shape index (κ1) is 58.9. The van der Waals surface area contributed by atoms with E-state index >= 15 is 0 Å². The molecule has 18 N–H and O–H groups in total. The number of fused-ring (bicyclic) bond motifs is 2. The number of piperidine rings is 1. The Balaban J connectivity index is 1.42. The van der Waals surface area contributed by atoms with Crippen molar-refractivity contribution in [2.24, 2.45) is 28.9 Å². The summed E-state index contributed by atoms with van der Waals surface area (Å²) in [6.45, 7) is 0.212. The molecule has 4 aromatic carbocycles. The summed E-state index contributed by atoms with van der Waals surface area (Å²) >= 11 is 6.07. The van der Waals surface area contributed by atoms with Crippen molar-refractivity contribution in [3.8, 4) is 11.5 Å². The molecular formula is C54H64ClN11O12. The molecule has 2 heterocycles. The van der Waals surface area contributed by atoms with E-state index in [1.807, 2.05) is 0 Å². The van der Waals surface area contributed by atoms with Gasteiger partial charge in [-0.1, -0.05) is 72.3 Å². The van der Waals surface area contributed by atoms with E-state index in [2.05, 4.69) is 37.2 Å². The number of benzene rings is 4. The number of halogens is 1. The number of hydrogen-bond donors (Lipinski definition) is 14. The van der Waals surface area contributed by atoms with E-state index in [0.717, 1.165) is 0 Å². The Bertz CT molecular complexity index is 2840. The minimum atomic E-state index is -1.92. The molecule has 2 aliphatic rings. The first-order chi connectivity index (χ1) is 37.2. The normalized spacial score (nSPS) is 23.3. The van der Waals surface area contributed by atoms with E-state index in [9.17, 15) is 58.5 Å². The number of phenolic OH excluding ortho intramolecular Hbond substituents is 2. The molecule has 1 unspecified atom stereocenters. The molecular weight excluding hydrogens is 1030 g/mol. The molecule has 10 atom stereocenters. The molecule has 0 aliphatic carbocycles. The highest BCUT2D eigenvalue weighted by Crippen LogP contribution is 2.23. The van der Waals surface area contributed by atoms with Crippen molar-refractivity contribution in [1.82, 2.24) is 37.2 Å². The van der Waals surface area contributed by atoms with E-state index in [1.165, 1.54) is 84.9 Å². The van der Waals surface area contributed by atoms with Crippen molar-refractivity contribution in [3.63, 3.8) is 0 Å². The van der Waals surface area contributed by atoms with Crippen LogP contribution >= 0.6 is 11.6 Å². The Kier molecular flexibility index (Phi) is 20.8. The lowest BCUT2D eigenvalue weighted by molar-refractivity contribution is -0.143. The summed E-state index contributed by atoms with van der Waals surface area (Å²) in [5, 5.41) is 50.7. The fraction of sp³-hybridized carbons (Fsp3) is 0.352. The Morgan fingerprint density at radius 2 is 1.15 bits per heavy atom. The van der Waals surface area contributed by atoms with E-state index in [-0.39, 0.29) is 62.1 Å². The Morgan fingerprint density at radius 3 is 1.72 bits per heavy atom. The molecule has 1 fully saturated rings. The molecule has 6 rings (SSSR count). The smallest absolute Gasteiger partial charge is 0.248 e. The largest absolute Gasteiger partial charge is 0.508 e. The van der Waals surface area contributed by atoms with Crippen molar-refractivity contribution in [1.29, 1.82) is 0 Å². The van der Waals surface area contributed by atoms with Crippen LogP contribution in [0.5, 0.6) is 11.5 Å². The van der Waals surface area contributed by atoms with Gasteiger partial charge in [0, 0.05) is 35.8 Å². The maximum atomic E-state index is 14.7. The van der Waals surface area contributed by atoms with Crippen LogP contribution in [-0.2, 0) is 64.0 Å². The average Bonchev–Trinajstić information content (AvgIpc) is 3.47. The predicted molar refractivity (Wildman–Crippen MR) is 284 cm³/mol. The van der Waals surface area contributed by atoms with Gasteiger partial charge < -0.3 is 75.5 Å². The van der Waals surface area contributed by atoms with Crippen LogP contribution in [0.2, 0.25) is 5.02 Å². The molecule has 2 aliphatic heterocycles. The lowest BCUT2D eigenvalue weighted by Gasteiger charge is -2.39. The zero-order valence-corrected chi connectivity index (χ0v) is 43.0. The van der Waals surface area contributed by atoms with Crippen LogP contribution in [-0.4, -0.2) is 129 Å². The molecule has 23 nitrogen and oxygen atoms in total. The number of rotatable bonds is 18. The molecule has 24 heteroatoms. The molecule has 414 valence electrons. The number of phenols is 2. The minimum Gasteiger partial charge on any atom is -0.508 e. The van der Waals surface area contributed by atoms with Gasteiger partial charge in [-0.25, -0.2) is 0 Å². The van der Waals surface area contributed by atoms with Crippen LogP contribution in [0.4, 0.5) is 0 Å². The van der Waals surface area contributed by atoms with Crippen molar-refractivity contribution < 1.29 is 58.5 Å². The third kappa shape index (κ3) is 16.6. The van der Waals surface area contributed by atoms with Gasteiger partial charge in [0.1, 0.15) is 53.8 Å². The van der Waals surface area contributed by atoms with Crippen LogP contribution < -0.4 is 60.2 Å². The standard InChI is InChI=1S/C54H64ClN11O12/c55-33-17-9-28(10-18-33)24-37(57)48(72)60-39-6-3-4-36-43(53(77)62-40(47(59)71)25-30-11-19-34(67)20-12-30)65-54(78)44(45(36)69)66-50(74)38(5-1-2-23-56)61-51(75)41(26-29-7-15-32(16-8-29)46(58)70)64-52(76)42(63-49(39)73)27-31-13-21-35(68)22-14-31/h3-4,7-22,36-45,67-69H,1-2,5-6,23-27,56-57H2,(H2,58,70)(H2,59,71)(H,60,72)(H,61,75)(H,62,77)(H,63,73)(H,64,76)(H,65,78)(H,66,74)/b4-3+/t36?,37-,38-,39+,40+,41+,42-,43-,44-,45+/m0/s1. The molecule has 4 aromatic rings. The second-order valence-corrected chi connectivity index (χ2v) is 19.6. The highest BCUT2D eigenvalue weighted by Gasteiger charge is 2.47. The third-order valence-electron chi connectivity index (χ3n) is 13.3. The van der Waals surface area contributed by atoms with Crippen molar-refractivity contribution in [2.75, 3.05) is 6.54 Å². The summed E-state index contributed by atoms with van der Waals surface area (Å²) in [5.74, 6) is -9.84. The Labute approximate surface area is 453 Å². The topological polar surface area (TPSA) is 403 Å². The second-order valence-electron chi connectivity index (χ2n) is 19.1. The molecule has 1 saturated heterocycles. The van der Waals surface area contributed by atoms with Crippen LogP contribution in [0.1, 0.15) is 58.3 Å². The molecule has 9 amide bonds. The maximum absolute atomic E-state index is 14.7. The lowest BCUT2D eigenvalue weighted by Crippen LogP contribution is -2.69. The van der Waals surface area contributed by atoms with Gasteiger partial charge >= 0.3 is 0 Å². The molecule has 0 radical (unpaired) electrons. The number of primary amides is 2. The molecule has 78 heavy (non-hydrogen) atoms. The second kappa shape index (κ2) is 27.6. The highest BCUT2D eigenvalue weighted by molar-refractivity contribution is 6.30. The van der Waals surface area contributed by atoms with Gasteiger partial charge in [-0.2, -0.15) is 0 Å². The molecule has 2 bridgehead atoms. The van der Waals surface area contributed by atoms with Gasteiger partial charge in [0.2, 0.25) is 53.2 Å². The zero-order valence-electron chi connectivity index (χ0n) is 42.2. The lowest BCUT2D eigenvalue weighted by atomic mass is 9.83. The van der Waals surface area contributed by atoms with Crippen LogP contribution in [0.25, 0.3) is 0 Å². The fourth-order valence-corrected chi connectivity index (χ4v) is 9.02. The number of aromatic hydroxyl groups is 2. The highest BCUT2D eigenvalue weighted by atomic mass is 35.5. The molecule has 0 aromatic heterocycles. The van der Waals surface area contributed by atoms with Gasteiger partial charge in [-0.3, -0.25) is 43.2 Å². The molecule has 0 spiro atoms. The van der Waals surface area contributed by atoms with Crippen LogP contribution in [0.15, 0.2) is 109 Å². The number of amides is 9. The number of aliphatic hydroxyl groups is 1. The third-order valence-corrected chi connectivity index (χ3v) is 13.5. The summed E-state index contributed by atoms with van der Waals surface area (Å²) in [7, 11) is 0. The summed E-state index contributed by atoms with van der Waals surface area (Å²) in [5.41, 5.74) is 25.5. The number of carbonyl (C=O) groups excluding carboxylic acids is 9. The average molecular weight is 1090 g/mol. The Hall–Kier alpha value is -8.38. The minimum absolute atomic E-state index is 0.00143. The number of nitrogens with one attached hydrogen (secondary N) is 7. The van der Waals surface area contributed by atoms with E-state index < -0.39 is 120 Å². The first-order valence-corrected chi connectivity index (χ1v) is 25.5. The van der Waals surface area contributed by atoms with Crippen LogP contribution in [0.3, 0.4) is 0 Å². The summed E-state index contributed by atoms with van der Waals surface area (Å²) < 4.78 is 0. The summed E-state index contributed by atoms with van der Waals surface area (Å²) in [6.07, 6.45) is 0.271. The quantitative estimate of drug-likeness (QED) is 0.0395. The summed E-state index contributed by atoms with van der Waals surface area (Å²) in [4.78, 5) is 125. The van der Waals surface area contributed by atoms with Crippen molar-refractivity contribution in [2.45, 2.75) is 106 Å². The van der Waals surface area contributed by atoms with Crippen molar-refractivity contribution >= 4 is 64.8 Å². The first-order valence-electron chi connectivity index (χ1n) is 25.1.